The summed E-state index contributed by atoms with van der Waals surface area (Å²) >= 11 is 0. The van der Waals surface area contributed by atoms with Crippen molar-refractivity contribution in [3.8, 4) is 0 Å². The number of nitrogens with zero attached hydrogens (tertiary/aromatic N) is 1. The van der Waals surface area contributed by atoms with Crippen molar-refractivity contribution < 1.29 is 0 Å². The second-order valence-corrected chi connectivity index (χ2v) is 6.14. The van der Waals surface area contributed by atoms with Crippen LogP contribution in [0.4, 0.5) is 0 Å². The van der Waals surface area contributed by atoms with Crippen LogP contribution in [-0.2, 0) is 0 Å². The van der Waals surface area contributed by atoms with Crippen LogP contribution in [0.25, 0.3) is 0 Å². The van der Waals surface area contributed by atoms with E-state index in [0.717, 1.165) is 30.5 Å². The van der Waals surface area contributed by atoms with Crippen molar-refractivity contribution >= 4 is 0 Å². The predicted molar refractivity (Wildman–Crippen MR) is 76.1 cm³/mol. The molecule has 0 amide bonds. The van der Waals surface area contributed by atoms with Gasteiger partial charge in [-0.2, -0.15) is 0 Å². The first-order valence-corrected chi connectivity index (χ1v) is 7.55. The molecule has 1 aliphatic carbocycles. The van der Waals surface area contributed by atoms with E-state index in [0.29, 0.717) is 0 Å². The highest BCUT2D eigenvalue weighted by Crippen LogP contribution is 2.31. The van der Waals surface area contributed by atoms with Crippen molar-refractivity contribution in [3.63, 3.8) is 0 Å². The van der Waals surface area contributed by atoms with Gasteiger partial charge in [0.1, 0.15) is 0 Å². The SMILES string of the molecule is CCN(C(C)CCC(C)C)C1CCCC1CN. The molecule has 1 saturated carbocycles. The Kier molecular flexibility index (Phi) is 6.50. The molecule has 1 rings (SSSR count). The van der Waals surface area contributed by atoms with E-state index in [1.807, 2.05) is 0 Å². The molecule has 0 aromatic rings. The van der Waals surface area contributed by atoms with Gasteiger partial charge in [0.25, 0.3) is 0 Å². The quantitative estimate of drug-likeness (QED) is 0.740. The van der Waals surface area contributed by atoms with Gasteiger partial charge in [0, 0.05) is 12.1 Å². The van der Waals surface area contributed by atoms with Gasteiger partial charge in [0.05, 0.1) is 0 Å². The molecule has 3 atom stereocenters. The van der Waals surface area contributed by atoms with Crippen LogP contribution >= 0.6 is 0 Å². The van der Waals surface area contributed by atoms with Gasteiger partial charge in [0.2, 0.25) is 0 Å². The minimum Gasteiger partial charge on any atom is -0.330 e. The highest BCUT2D eigenvalue weighted by atomic mass is 15.2. The molecule has 0 spiro atoms. The first-order chi connectivity index (χ1) is 8.10. The van der Waals surface area contributed by atoms with Crippen LogP contribution in [0.3, 0.4) is 0 Å². The zero-order valence-electron chi connectivity index (χ0n) is 12.3. The van der Waals surface area contributed by atoms with Crippen molar-refractivity contribution in [2.45, 2.75) is 71.9 Å². The maximum absolute atomic E-state index is 5.91. The number of hydrogen-bond donors (Lipinski definition) is 1. The molecule has 0 aromatic carbocycles. The van der Waals surface area contributed by atoms with Gasteiger partial charge in [-0.25, -0.2) is 0 Å². The summed E-state index contributed by atoms with van der Waals surface area (Å²) in [5.41, 5.74) is 5.91. The van der Waals surface area contributed by atoms with Crippen LogP contribution in [0.2, 0.25) is 0 Å². The highest BCUT2D eigenvalue weighted by Gasteiger charge is 2.32. The first kappa shape index (κ1) is 15.0. The van der Waals surface area contributed by atoms with E-state index in [-0.39, 0.29) is 0 Å². The average Bonchev–Trinajstić information content (AvgIpc) is 2.75. The smallest absolute Gasteiger partial charge is 0.0138 e. The summed E-state index contributed by atoms with van der Waals surface area (Å²) in [6.45, 7) is 11.4. The molecule has 0 aliphatic heterocycles. The molecule has 102 valence electrons. The normalized spacial score (nSPS) is 27.0. The fourth-order valence-corrected chi connectivity index (χ4v) is 3.34. The number of nitrogens with two attached hydrogens (primary N) is 1. The second kappa shape index (κ2) is 7.38. The van der Waals surface area contributed by atoms with Gasteiger partial charge in [-0.15, -0.1) is 0 Å². The van der Waals surface area contributed by atoms with E-state index < -0.39 is 0 Å². The van der Waals surface area contributed by atoms with Crippen molar-refractivity contribution in [3.05, 3.63) is 0 Å². The molecule has 1 fully saturated rings. The van der Waals surface area contributed by atoms with Gasteiger partial charge in [-0.1, -0.05) is 27.2 Å². The van der Waals surface area contributed by atoms with E-state index in [1.165, 1.54) is 38.6 Å². The molecule has 2 N–H and O–H groups in total. The molecular weight excluding hydrogens is 208 g/mol. The van der Waals surface area contributed by atoms with Crippen LogP contribution in [-0.4, -0.2) is 30.1 Å². The Morgan fingerprint density at radius 2 is 1.88 bits per heavy atom. The van der Waals surface area contributed by atoms with Gasteiger partial charge < -0.3 is 5.73 Å². The summed E-state index contributed by atoms with van der Waals surface area (Å²) < 4.78 is 0. The molecule has 0 saturated heterocycles. The summed E-state index contributed by atoms with van der Waals surface area (Å²) in [5, 5.41) is 0. The molecule has 0 aromatic heterocycles. The second-order valence-electron chi connectivity index (χ2n) is 6.14. The Hall–Kier alpha value is -0.0800. The molecule has 0 heterocycles. The standard InChI is InChI=1S/C15H32N2/c1-5-17(13(4)10-9-12(2)3)15-8-6-7-14(15)11-16/h12-15H,5-11,16H2,1-4H3. The highest BCUT2D eigenvalue weighted by molar-refractivity contribution is 4.87. The molecule has 1 aliphatic rings. The molecule has 0 radical (unpaired) electrons. The van der Waals surface area contributed by atoms with Crippen LogP contribution in [0, 0.1) is 11.8 Å². The Balaban J connectivity index is 2.51. The minimum atomic E-state index is 0.722. The Bertz CT molecular complexity index is 203. The molecule has 3 unspecified atom stereocenters. The minimum absolute atomic E-state index is 0.722. The summed E-state index contributed by atoms with van der Waals surface area (Å²) in [7, 11) is 0. The van der Waals surface area contributed by atoms with Crippen molar-refractivity contribution in [1.82, 2.24) is 4.90 Å². The lowest BCUT2D eigenvalue weighted by atomic mass is 9.97. The Labute approximate surface area is 108 Å². The fourth-order valence-electron chi connectivity index (χ4n) is 3.34. The van der Waals surface area contributed by atoms with Gasteiger partial charge in [-0.3, -0.25) is 4.90 Å². The number of hydrogen-bond acceptors (Lipinski definition) is 2. The molecule has 2 heteroatoms. The Morgan fingerprint density at radius 3 is 2.41 bits per heavy atom. The summed E-state index contributed by atoms with van der Waals surface area (Å²) in [6, 6.07) is 1.48. The zero-order valence-corrected chi connectivity index (χ0v) is 12.3. The largest absolute Gasteiger partial charge is 0.330 e. The third-order valence-corrected chi connectivity index (χ3v) is 4.44. The summed E-state index contributed by atoms with van der Waals surface area (Å²) in [5.74, 6) is 1.57. The van der Waals surface area contributed by atoms with Gasteiger partial charge in [0.15, 0.2) is 0 Å². The number of rotatable bonds is 7. The zero-order chi connectivity index (χ0) is 12.8. The van der Waals surface area contributed by atoms with E-state index in [2.05, 4.69) is 32.6 Å². The molecule has 0 bridgehead atoms. The van der Waals surface area contributed by atoms with Crippen molar-refractivity contribution in [1.29, 1.82) is 0 Å². The van der Waals surface area contributed by atoms with Gasteiger partial charge >= 0.3 is 0 Å². The third kappa shape index (κ3) is 4.26. The first-order valence-electron chi connectivity index (χ1n) is 7.55. The lowest BCUT2D eigenvalue weighted by molar-refractivity contribution is 0.114. The monoisotopic (exact) mass is 240 g/mol. The van der Waals surface area contributed by atoms with Crippen molar-refractivity contribution in [2.24, 2.45) is 17.6 Å². The van der Waals surface area contributed by atoms with Crippen LogP contribution in [0.15, 0.2) is 0 Å². The van der Waals surface area contributed by atoms with Crippen molar-refractivity contribution in [2.75, 3.05) is 13.1 Å². The Morgan fingerprint density at radius 1 is 1.18 bits per heavy atom. The van der Waals surface area contributed by atoms with E-state index in [4.69, 9.17) is 5.73 Å². The lowest BCUT2D eigenvalue weighted by Gasteiger charge is -2.37. The lowest BCUT2D eigenvalue weighted by Crippen LogP contribution is -2.45. The third-order valence-electron chi connectivity index (χ3n) is 4.44. The fraction of sp³-hybridized carbons (Fsp3) is 1.00. The summed E-state index contributed by atoms with van der Waals surface area (Å²) in [4.78, 5) is 2.72. The van der Waals surface area contributed by atoms with Crippen LogP contribution < -0.4 is 5.73 Å². The summed E-state index contributed by atoms with van der Waals surface area (Å²) in [6.07, 6.45) is 6.76. The van der Waals surface area contributed by atoms with E-state index in [9.17, 15) is 0 Å². The van der Waals surface area contributed by atoms with E-state index in [1.54, 1.807) is 0 Å². The molecule has 17 heavy (non-hydrogen) atoms. The van der Waals surface area contributed by atoms with Crippen LogP contribution in [0.1, 0.15) is 59.8 Å². The van der Waals surface area contributed by atoms with Crippen LogP contribution in [0.5, 0.6) is 0 Å². The molecule has 2 nitrogen and oxygen atoms in total. The molecular formula is C15H32N2. The predicted octanol–water partition coefficient (Wildman–Crippen LogP) is 3.26. The van der Waals surface area contributed by atoms with Gasteiger partial charge in [-0.05, 0) is 57.5 Å². The van der Waals surface area contributed by atoms with E-state index >= 15 is 0 Å². The average molecular weight is 240 g/mol. The topological polar surface area (TPSA) is 29.3 Å². The maximum Gasteiger partial charge on any atom is 0.0138 e. The maximum atomic E-state index is 5.91.